The second-order valence-electron chi connectivity index (χ2n) is 13.4. The van der Waals surface area contributed by atoms with E-state index in [1.54, 1.807) is 84.6 Å². The zero-order valence-corrected chi connectivity index (χ0v) is 34.2. The van der Waals surface area contributed by atoms with Gasteiger partial charge in [0.25, 0.3) is 23.6 Å². The number of nitrogens with one attached hydrogen (secondary N) is 4. The third-order valence-corrected chi connectivity index (χ3v) is 10.5. The Morgan fingerprint density at radius 2 is 1.02 bits per heavy atom. The van der Waals surface area contributed by atoms with Crippen LogP contribution in [0.4, 0.5) is 22.7 Å². The molecule has 0 aliphatic carbocycles. The quantitative estimate of drug-likeness (QED) is 0.212. The van der Waals surface area contributed by atoms with E-state index in [4.69, 9.17) is 18.9 Å². The van der Waals surface area contributed by atoms with Crippen molar-refractivity contribution in [2.75, 3.05) is 61.0 Å². The Balaban J connectivity index is 0.000000177. The first kappa shape index (κ1) is 40.1. The molecule has 4 aliphatic heterocycles. The highest BCUT2D eigenvalue weighted by Crippen LogP contribution is 2.40. The lowest BCUT2D eigenvalue weighted by Gasteiger charge is -2.37. The van der Waals surface area contributed by atoms with Crippen molar-refractivity contribution in [3.05, 3.63) is 92.9 Å². The summed E-state index contributed by atoms with van der Waals surface area (Å²) in [6.07, 6.45) is 0.199. The molecule has 2 atom stereocenters. The number of ether oxygens (including phenoxy) is 4. The molecule has 4 aromatic rings. The molecule has 4 heterocycles. The number of anilines is 4. The van der Waals surface area contributed by atoms with Gasteiger partial charge in [-0.2, -0.15) is 0 Å². The van der Waals surface area contributed by atoms with Crippen LogP contribution in [0.25, 0.3) is 0 Å². The van der Waals surface area contributed by atoms with E-state index in [-0.39, 0.29) is 74.7 Å². The Labute approximate surface area is 348 Å². The molecule has 0 aromatic heterocycles. The Kier molecular flexibility index (Phi) is 11.8. The van der Waals surface area contributed by atoms with E-state index < -0.39 is 12.1 Å². The number of carbonyl (C=O) groups is 6. The topological polar surface area (TPSA) is 194 Å². The van der Waals surface area contributed by atoms with E-state index in [0.717, 1.165) is 8.95 Å². The van der Waals surface area contributed by atoms with Gasteiger partial charge in [0.2, 0.25) is 11.8 Å². The number of benzene rings is 4. The van der Waals surface area contributed by atoms with Crippen LogP contribution in [0.3, 0.4) is 0 Å². The minimum Gasteiger partial charge on any atom is -0.489 e. The van der Waals surface area contributed by atoms with E-state index >= 15 is 0 Å². The Bertz CT molecular complexity index is 2180. The minimum atomic E-state index is -0.474. The second kappa shape index (κ2) is 17.2. The van der Waals surface area contributed by atoms with Crippen LogP contribution in [-0.4, -0.2) is 88.0 Å². The SMILES string of the molecule is CNC(=O)CC1COc2cc(Br)ccc2N1C(=O)c1ccc2c(c1)NC(=O)CO2.CNC(=O)C[C@@H]1COc2cc(Br)ccc2N1C(=O)c1ccc2c(c1)NC(=O)CO2. The minimum absolute atomic E-state index is 0.0553. The normalized spacial score (nSPS) is 17.2. The van der Waals surface area contributed by atoms with Crippen LogP contribution in [0.1, 0.15) is 33.6 Å². The van der Waals surface area contributed by atoms with Gasteiger partial charge in [-0.05, 0) is 72.8 Å². The van der Waals surface area contributed by atoms with Crippen LogP contribution in [0.2, 0.25) is 0 Å². The molecule has 18 heteroatoms. The highest BCUT2D eigenvalue weighted by atomic mass is 79.9. The van der Waals surface area contributed by atoms with Crippen LogP contribution >= 0.6 is 31.9 Å². The summed E-state index contributed by atoms with van der Waals surface area (Å²) < 4.78 is 24.0. The first-order valence-corrected chi connectivity index (χ1v) is 19.6. The second-order valence-corrected chi connectivity index (χ2v) is 15.2. The van der Waals surface area contributed by atoms with Crippen molar-refractivity contribution in [3.63, 3.8) is 0 Å². The first-order valence-electron chi connectivity index (χ1n) is 18.0. The van der Waals surface area contributed by atoms with Gasteiger partial charge in [-0.15, -0.1) is 0 Å². The maximum Gasteiger partial charge on any atom is 0.262 e. The summed E-state index contributed by atoms with van der Waals surface area (Å²) in [5.41, 5.74) is 2.78. The van der Waals surface area contributed by atoms with Gasteiger partial charge in [0.15, 0.2) is 13.2 Å². The standard InChI is InChI=1S/2C20H18BrN3O5/c2*1-22-18(25)8-13-9-28-17-7-12(21)3-4-15(17)24(13)20(27)11-2-5-16-14(6-11)23-19(26)10-29-16/h2*2-7,13H,8-10H2,1H3,(H,22,25)(H,23,26)/t13-;/m1./s1. The van der Waals surface area contributed by atoms with Crippen LogP contribution in [0.15, 0.2) is 81.7 Å². The molecule has 300 valence electrons. The number of rotatable bonds is 6. The monoisotopic (exact) mass is 918 g/mol. The summed E-state index contributed by atoms with van der Waals surface area (Å²) in [6, 6.07) is 19.5. The molecule has 0 radical (unpaired) electrons. The van der Waals surface area contributed by atoms with Gasteiger partial charge < -0.3 is 40.2 Å². The molecule has 0 spiro atoms. The summed E-state index contributed by atoms with van der Waals surface area (Å²) in [5.74, 6) is 0.588. The number of nitrogens with zero attached hydrogens (tertiary/aromatic N) is 2. The fourth-order valence-electron chi connectivity index (χ4n) is 6.71. The van der Waals surface area contributed by atoms with E-state index in [2.05, 4.69) is 53.1 Å². The molecule has 4 aliphatic rings. The molecule has 1 unspecified atom stereocenters. The van der Waals surface area contributed by atoms with Gasteiger partial charge in [-0.3, -0.25) is 38.6 Å². The third kappa shape index (κ3) is 8.57. The fraction of sp³-hybridized carbons (Fsp3) is 0.250. The van der Waals surface area contributed by atoms with Gasteiger partial charge in [0.05, 0.1) is 47.7 Å². The van der Waals surface area contributed by atoms with Crippen LogP contribution in [0, 0.1) is 0 Å². The highest BCUT2D eigenvalue weighted by Gasteiger charge is 2.36. The Morgan fingerprint density at radius 3 is 1.41 bits per heavy atom. The number of hydrogen-bond donors (Lipinski definition) is 4. The smallest absolute Gasteiger partial charge is 0.262 e. The van der Waals surface area contributed by atoms with E-state index in [1.807, 2.05) is 12.1 Å². The number of carbonyl (C=O) groups excluding carboxylic acids is 6. The molecule has 6 amide bonds. The van der Waals surface area contributed by atoms with Gasteiger partial charge >= 0.3 is 0 Å². The van der Waals surface area contributed by atoms with Gasteiger partial charge in [0.1, 0.15) is 36.2 Å². The lowest BCUT2D eigenvalue weighted by molar-refractivity contribution is -0.121. The van der Waals surface area contributed by atoms with E-state index in [0.29, 0.717) is 56.9 Å². The number of hydrogen-bond acceptors (Lipinski definition) is 10. The number of halogens is 2. The molecule has 4 N–H and O–H groups in total. The summed E-state index contributed by atoms with van der Waals surface area (Å²) in [4.78, 5) is 77.3. The van der Waals surface area contributed by atoms with Crippen molar-refractivity contribution in [2.45, 2.75) is 24.9 Å². The van der Waals surface area contributed by atoms with Crippen molar-refractivity contribution < 1.29 is 47.7 Å². The van der Waals surface area contributed by atoms with Gasteiger partial charge in [-0.25, -0.2) is 0 Å². The Hall–Kier alpha value is -6.14. The van der Waals surface area contributed by atoms with Crippen molar-refractivity contribution in [2.24, 2.45) is 0 Å². The number of amides is 6. The van der Waals surface area contributed by atoms with Gasteiger partial charge in [0, 0.05) is 34.2 Å². The summed E-state index contributed by atoms with van der Waals surface area (Å²) in [5, 5.41) is 10.6. The Morgan fingerprint density at radius 1 is 0.603 bits per heavy atom. The zero-order chi connectivity index (χ0) is 41.1. The molecular weight excluding hydrogens is 884 g/mol. The van der Waals surface area contributed by atoms with E-state index in [9.17, 15) is 28.8 Å². The molecule has 0 saturated heterocycles. The van der Waals surface area contributed by atoms with Crippen LogP contribution < -0.4 is 50.0 Å². The first-order chi connectivity index (χ1) is 27.9. The largest absolute Gasteiger partial charge is 0.489 e. The third-order valence-electron chi connectivity index (χ3n) is 9.51. The maximum atomic E-state index is 13.5. The van der Waals surface area contributed by atoms with E-state index in [1.165, 1.54) is 0 Å². The molecule has 0 bridgehead atoms. The van der Waals surface area contributed by atoms with Gasteiger partial charge in [-0.1, -0.05) is 31.9 Å². The molecule has 8 rings (SSSR count). The number of fused-ring (bicyclic) bond motifs is 4. The molecule has 0 saturated carbocycles. The lowest BCUT2D eigenvalue weighted by Crippen LogP contribution is -2.49. The predicted molar refractivity (Wildman–Crippen MR) is 219 cm³/mol. The molecule has 58 heavy (non-hydrogen) atoms. The van der Waals surface area contributed by atoms with Crippen molar-refractivity contribution in [3.8, 4) is 23.0 Å². The fourth-order valence-corrected chi connectivity index (χ4v) is 7.39. The van der Waals surface area contributed by atoms with Crippen LogP contribution in [0.5, 0.6) is 23.0 Å². The average molecular weight is 921 g/mol. The summed E-state index contributed by atoms with van der Waals surface area (Å²) in [7, 11) is 3.10. The molecule has 4 aromatic carbocycles. The average Bonchev–Trinajstić information content (AvgIpc) is 3.22. The zero-order valence-electron chi connectivity index (χ0n) is 31.1. The summed E-state index contributed by atoms with van der Waals surface area (Å²) >= 11 is 6.81. The maximum absolute atomic E-state index is 13.5. The van der Waals surface area contributed by atoms with Crippen molar-refractivity contribution >= 4 is 90.1 Å². The molecule has 0 fully saturated rings. The van der Waals surface area contributed by atoms with Crippen molar-refractivity contribution in [1.82, 2.24) is 10.6 Å². The van der Waals surface area contributed by atoms with Crippen molar-refractivity contribution in [1.29, 1.82) is 0 Å². The predicted octanol–water partition coefficient (Wildman–Crippen LogP) is 4.65. The molecule has 16 nitrogen and oxygen atoms in total. The lowest BCUT2D eigenvalue weighted by atomic mass is 10.0. The van der Waals surface area contributed by atoms with Crippen LogP contribution in [-0.2, 0) is 19.2 Å². The highest BCUT2D eigenvalue weighted by molar-refractivity contribution is 9.10. The summed E-state index contributed by atoms with van der Waals surface area (Å²) in [6.45, 7) is 0.265. The molecular formula is C40H36Br2N6O10.